The summed E-state index contributed by atoms with van der Waals surface area (Å²) in [5.74, 6) is 0. The third-order valence-electron chi connectivity index (χ3n) is 1.78. The summed E-state index contributed by atoms with van der Waals surface area (Å²) in [5.41, 5.74) is 0. The second-order valence-electron chi connectivity index (χ2n) is 3.00. The largest absolute Gasteiger partial charge is 0.385 e. The van der Waals surface area contributed by atoms with Gasteiger partial charge in [0.15, 0.2) is 0 Å². The Hall–Kier alpha value is -0.0800. The Labute approximate surface area is 70.5 Å². The molecule has 0 aliphatic rings. The number of rotatable bonds is 7. The number of hydrogen-bond donors (Lipinski definition) is 0. The predicted octanol–water partition coefficient (Wildman–Crippen LogP) is 1.75. The first-order valence-electron chi connectivity index (χ1n) is 4.48. The zero-order valence-electron chi connectivity index (χ0n) is 8.10. The molecule has 0 aromatic heterocycles. The van der Waals surface area contributed by atoms with Crippen molar-refractivity contribution in [3.05, 3.63) is 0 Å². The van der Waals surface area contributed by atoms with Crippen LogP contribution in [0, 0.1) is 0 Å². The highest BCUT2D eigenvalue weighted by molar-refractivity contribution is 4.50. The van der Waals surface area contributed by atoms with Crippen molar-refractivity contribution in [2.45, 2.75) is 26.2 Å². The predicted molar refractivity (Wildman–Crippen MR) is 48.9 cm³/mol. The van der Waals surface area contributed by atoms with E-state index in [0.717, 1.165) is 19.6 Å². The molecular formula is C9H21NO. The monoisotopic (exact) mass is 159 g/mol. The molecule has 0 rings (SSSR count). The van der Waals surface area contributed by atoms with Crippen LogP contribution in [-0.2, 0) is 4.74 Å². The normalized spacial score (nSPS) is 10.9. The maximum absolute atomic E-state index is 4.97. The molecule has 0 fully saturated rings. The summed E-state index contributed by atoms with van der Waals surface area (Å²) in [6.45, 7) is 5.49. The van der Waals surface area contributed by atoms with Gasteiger partial charge in [-0.25, -0.2) is 0 Å². The lowest BCUT2D eigenvalue weighted by Gasteiger charge is -2.15. The van der Waals surface area contributed by atoms with Gasteiger partial charge < -0.3 is 9.64 Å². The molecule has 0 radical (unpaired) electrons. The third-order valence-corrected chi connectivity index (χ3v) is 1.78. The van der Waals surface area contributed by atoms with Crippen LogP contribution in [0.5, 0.6) is 0 Å². The van der Waals surface area contributed by atoms with Crippen molar-refractivity contribution in [3.8, 4) is 0 Å². The van der Waals surface area contributed by atoms with Crippen LogP contribution in [0.4, 0.5) is 0 Å². The van der Waals surface area contributed by atoms with Gasteiger partial charge in [-0.2, -0.15) is 0 Å². The van der Waals surface area contributed by atoms with Crippen molar-refractivity contribution in [1.29, 1.82) is 0 Å². The van der Waals surface area contributed by atoms with E-state index >= 15 is 0 Å². The maximum atomic E-state index is 4.97. The summed E-state index contributed by atoms with van der Waals surface area (Å²) in [4.78, 5) is 2.36. The molecule has 0 atom stereocenters. The van der Waals surface area contributed by atoms with Crippen molar-refractivity contribution in [3.63, 3.8) is 0 Å². The standard InChI is InChI=1S/C9H21NO/c1-4-5-7-10(2)8-6-9-11-3/h4-9H2,1-3H3. The van der Waals surface area contributed by atoms with E-state index in [-0.39, 0.29) is 0 Å². The molecular weight excluding hydrogens is 138 g/mol. The van der Waals surface area contributed by atoms with E-state index in [1.54, 1.807) is 7.11 Å². The van der Waals surface area contributed by atoms with Crippen LogP contribution in [0.2, 0.25) is 0 Å². The van der Waals surface area contributed by atoms with Crippen LogP contribution in [-0.4, -0.2) is 38.8 Å². The summed E-state index contributed by atoms with van der Waals surface area (Å²) in [6, 6.07) is 0. The summed E-state index contributed by atoms with van der Waals surface area (Å²) in [6.07, 6.45) is 3.74. The highest BCUT2D eigenvalue weighted by atomic mass is 16.5. The van der Waals surface area contributed by atoms with Gasteiger partial charge in [0.05, 0.1) is 0 Å². The van der Waals surface area contributed by atoms with Gasteiger partial charge in [0, 0.05) is 20.3 Å². The van der Waals surface area contributed by atoms with Gasteiger partial charge in [0.25, 0.3) is 0 Å². The lowest BCUT2D eigenvalue weighted by molar-refractivity contribution is 0.179. The van der Waals surface area contributed by atoms with E-state index in [4.69, 9.17) is 4.74 Å². The van der Waals surface area contributed by atoms with Crippen LogP contribution in [0.1, 0.15) is 26.2 Å². The molecule has 0 heterocycles. The summed E-state index contributed by atoms with van der Waals surface area (Å²) in [5, 5.41) is 0. The number of hydrogen-bond acceptors (Lipinski definition) is 2. The second kappa shape index (κ2) is 8.02. The average Bonchev–Trinajstić information content (AvgIpc) is 2.01. The Morgan fingerprint density at radius 3 is 2.36 bits per heavy atom. The van der Waals surface area contributed by atoms with Crippen molar-refractivity contribution >= 4 is 0 Å². The highest BCUT2D eigenvalue weighted by Gasteiger charge is 1.95. The van der Waals surface area contributed by atoms with Gasteiger partial charge >= 0.3 is 0 Å². The Kier molecular flexibility index (Phi) is 7.96. The molecule has 0 unspecified atom stereocenters. The molecule has 2 nitrogen and oxygen atoms in total. The highest BCUT2D eigenvalue weighted by Crippen LogP contribution is 1.93. The molecule has 2 heteroatoms. The van der Waals surface area contributed by atoms with Gasteiger partial charge in [0.1, 0.15) is 0 Å². The molecule has 0 N–H and O–H groups in total. The van der Waals surface area contributed by atoms with Gasteiger partial charge in [-0.05, 0) is 26.4 Å². The van der Waals surface area contributed by atoms with Crippen molar-refractivity contribution in [1.82, 2.24) is 4.90 Å². The van der Waals surface area contributed by atoms with E-state index in [0.29, 0.717) is 0 Å². The molecule has 0 saturated carbocycles. The first-order chi connectivity index (χ1) is 5.31. The zero-order valence-corrected chi connectivity index (χ0v) is 8.10. The van der Waals surface area contributed by atoms with E-state index in [1.165, 1.54) is 19.4 Å². The number of ether oxygens (including phenoxy) is 1. The number of methoxy groups -OCH3 is 1. The molecule has 0 aromatic carbocycles. The lowest BCUT2D eigenvalue weighted by Crippen LogP contribution is -2.21. The molecule has 68 valence electrons. The minimum atomic E-state index is 0.885. The van der Waals surface area contributed by atoms with E-state index in [2.05, 4.69) is 18.9 Å². The maximum Gasteiger partial charge on any atom is 0.0474 e. The second-order valence-corrected chi connectivity index (χ2v) is 3.00. The van der Waals surface area contributed by atoms with Gasteiger partial charge in [-0.1, -0.05) is 13.3 Å². The van der Waals surface area contributed by atoms with Crippen LogP contribution in [0.3, 0.4) is 0 Å². The minimum Gasteiger partial charge on any atom is -0.385 e. The smallest absolute Gasteiger partial charge is 0.0474 e. The van der Waals surface area contributed by atoms with Gasteiger partial charge in [0.2, 0.25) is 0 Å². The molecule has 0 amide bonds. The number of unbranched alkanes of at least 4 members (excludes halogenated alkanes) is 1. The van der Waals surface area contributed by atoms with E-state index in [1.807, 2.05) is 0 Å². The quantitative estimate of drug-likeness (QED) is 0.525. The minimum absolute atomic E-state index is 0.885. The Balaban J connectivity index is 3.02. The van der Waals surface area contributed by atoms with Crippen LogP contribution >= 0.6 is 0 Å². The Bertz CT molecular complexity index is 76.0. The summed E-state index contributed by atoms with van der Waals surface area (Å²) >= 11 is 0. The fraction of sp³-hybridized carbons (Fsp3) is 1.00. The van der Waals surface area contributed by atoms with E-state index in [9.17, 15) is 0 Å². The fourth-order valence-corrected chi connectivity index (χ4v) is 1.02. The van der Waals surface area contributed by atoms with Crippen molar-refractivity contribution in [2.75, 3.05) is 33.9 Å². The third kappa shape index (κ3) is 7.82. The molecule has 0 aliphatic heterocycles. The van der Waals surface area contributed by atoms with Crippen LogP contribution in [0.15, 0.2) is 0 Å². The van der Waals surface area contributed by atoms with Crippen molar-refractivity contribution < 1.29 is 4.74 Å². The van der Waals surface area contributed by atoms with Gasteiger partial charge in [-0.15, -0.1) is 0 Å². The molecule has 0 saturated heterocycles. The number of nitrogens with zero attached hydrogens (tertiary/aromatic N) is 1. The fourth-order valence-electron chi connectivity index (χ4n) is 1.02. The lowest BCUT2D eigenvalue weighted by atomic mass is 10.3. The van der Waals surface area contributed by atoms with Gasteiger partial charge in [-0.3, -0.25) is 0 Å². The molecule has 0 spiro atoms. The Morgan fingerprint density at radius 2 is 1.82 bits per heavy atom. The first kappa shape index (κ1) is 10.9. The summed E-state index contributed by atoms with van der Waals surface area (Å²) in [7, 11) is 3.93. The molecule has 0 aliphatic carbocycles. The van der Waals surface area contributed by atoms with Crippen molar-refractivity contribution in [2.24, 2.45) is 0 Å². The summed E-state index contributed by atoms with van der Waals surface area (Å²) < 4.78 is 4.97. The van der Waals surface area contributed by atoms with E-state index < -0.39 is 0 Å². The SMILES string of the molecule is CCCCN(C)CCCOC. The van der Waals surface area contributed by atoms with Crippen LogP contribution in [0.25, 0.3) is 0 Å². The molecule has 0 bridgehead atoms. The first-order valence-corrected chi connectivity index (χ1v) is 4.48. The molecule has 11 heavy (non-hydrogen) atoms. The Morgan fingerprint density at radius 1 is 1.18 bits per heavy atom. The zero-order chi connectivity index (χ0) is 8.53. The van der Waals surface area contributed by atoms with Crippen LogP contribution < -0.4 is 0 Å². The topological polar surface area (TPSA) is 12.5 Å². The average molecular weight is 159 g/mol. The molecule has 0 aromatic rings.